The molecule has 1 heterocycles. The first kappa shape index (κ1) is 23.9. The van der Waals surface area contributed by atoms with Crippen LogP contribution in [0.25, 0.3) is 0 Å². The van der Waals surface area contributed by atoms with Crippen molar-refractivity contribution in [1.29, 1.82) is 0 Å². The molecule has 0 fully saturated rings. The van der Waals surface area contributed by atoms with E-state index in [1.54, 1.807) is 0 Å². The Morgan fingerprint density at radius 1 is 1.03 bits per heavy atom. The van der Waals surface area contributed by atoms with E-state index >= 15 is 0 Å². The summed E-state index contributed by atoms with van der Waals surface area (Å²) < 4.78 is 42.4. The maximum Gasteiger partial charge on any atom is 0.244 e. The van der Waals surface area contributed by atoms with Crippen LogP contribution in [0.15, 0.2) is 77.7 Å². The number of halogens is 1. The molecular formula is C26H28FN3O3S. The van der Waals surface area contributed by atoms with Gasteiger partial charge in [0.2, 0.25) is 15.9 Å². The molecule has 1 aliphatic heterocycles. The number of rotatable bonds is 8. The van der Waals surface area contributed by atoms with E-state index in [0.717, 1.165) is 36.6 Å². The maximum absolute atomic E-state index is 14.2. The topological polar surface area (TPSA) is 78.5 Å². The molecule has 178 valence electrons. The molecule has 34 heavy (non-hydrogen) atoms. The average molecular weight is 482 g/mol. The van der Waals surface area contributed by atoms with Crippen LogP contribution in [-0.4, -0.2) is 34.0 Å². The highest BCUT2D eigenvalue weighted by molar-refractivity contribution is 7.89. The SMILES string of the molecule is CN1CCCc2cc(CNC(=O)C(Cc3ccccc3)NS(=O)(=O)c3ccccc3F)ccc21. The van der Waals surface area contributed by atoms with Gasteiger partial charge < -0.3 is 10.2 Å². The smallest absolute Gasteiger partial charge is 0.244 e. The van der Waals surface area contributed by atoms with Gasteiger partial charge in [-0.1, -0.05) is 54.6 Å². The standard InChI is InChI=1S/C26H28FN3O3S/c1-30-15-7-10-21-16-20(13-14-24(21)30)18-28-26(31)23(17-19-8-3-2-4-9-19)29-34(32,33)25-12-6-5-11-22(25)27/h2-6,8-9,11-14,16,23,29H,7,10,15,17-18H2,1H3,(H,28,31). The van der Waals surface area contributed by atoms with Gasteiger partial charge in [-0.3, -0.25) is 4.79 Å². The lowest BCUT2D eigenvalue weighted by molar-refractivity contribution is -0.122. The first-order valence-electron chi connectivity index (χ1n) is 11.2. The molecule has 0 aromatic heterocycles. The molecule has 1 atom stereocenters. The summed E-state index contributed by atoms with van der Waals surface area (Å²) in [7, 11) is -2.18. The van der Waals surface area contributed by atoms with Crippen molar-refractivity contribution in [3.05, 3.63) is 95.3 Å². The van der Waals surface area contributed by atoms with E-state index in [0.29, 0.717) is 0 Å². The predicted molar refractivity (Wildman–Crippen MR) is 131 cm³/mol. The summed E-state index contributed by atoms with van der Waals surface area (Å²) in [5.74, 6) is -1.34. The van der Waals surface area contributed by atoms with Crippen molar-refractivity contribution in [3.63, 3.8) is 0 Å². The predicted octanol–water partition coefficient (Wildman–Crippen LogP) is 3.41. The van der Waals surface area contributed by atoms with Crippen LogP contribution >= 0.6 is 0 Å². The fourth-order valence-electron chi connectivity index (χ4n) is 4.21. The molecule has 6 nitrogen and oxygen atoms in total. The maximum atomic E-state index is 14.2. The minimum Gasteiger partial charge on any atom is -0.374 e. The second-order valence-corrected chi connectivity index (χ2v) is 10.2. The van der Waals surface area contributed by atoms with E-state index in [9.17, 15) is 17.6 Å². The van der Waals surface area contributed by atoms with Crippen LogP contribution in [0.2, 0.25) is 0 Å². The molecule has 1 amide bonds. The van der Waals surface area contributed by atoms with Crippen LogP contribution in [0.1, 0.15) is 23.1 Å². The Balaban J connectivity index is 1.51. The van der Waals surface area contributed by atoms with Gasteiger partial charge in [-0.15, -0.1) is 0 Å². The fourth-order valence-corrected chi connectivity index (χ4v) is 5.49. The van der Waals surface area contributed by atoms with Crippen LogP contribution in [0.5, 0.6) is 0 Å². The second kappa shape index (κ2) is 10.4. The largest absolute Gasteiger partial charge is 0.374 e. The number of hydrogen-bond acceptors (Lipinski definition) is 4. The van der Waals surface area contributed by atoms with Crippen molar-refractivity contribution in [2.24, 2.45) is 0 Å². The molecule has 0 spiro atoms. The summed E-state index contributed by atoms with van der Waals surface area (Å²) >= 11 is 0. The summed E-state index contributed by atoms with van der Waals surface area (Å²) in [5.41, 5.74) is 4.16. The number of benzene rings is 3. The van der Waals surface area contributed by atoms with E-state index in [2.05, 4.69) is 34.1 Å². The zero-order chi connectivity index (χ0) is 24.1. The molecule has 3 aromatic rings. The lowest BCUT2D eigenvalue weighted by Crippen LogP contribution is -2.47. The van der Waals surface area contributed by atoms with Gasteiger partial charge in [0.05, 0.1) is 0 Å². The Labute approximate surface area is 199 Å². The zero-order valence-electron chi connectivity index (χ0n) is 19.0. The van der Waals surface area contributed by atoms with Gasteiger partial charge in [0, 0.05) is 25.8 Å². The molecule has 0 saturated heterocycles. The summed E-state index contributed by atoms with van der Waals surface area (Å²) in [5, 5.41) is 2.85. The van der Waals surface area contributed by atoms with Gasteiger partial charge in [0.25, 0.3) is 0 Å². The number of fused-ring (bicyclic) bond motifs is 1. The molecule has 4 rings (SSSR count). The third-order valence-corrected chi connectivity index (χ3v) is 7.49. The van der Waals surface area contributed by atoms with E-state index in [4.69, 9.17) is 0 Å². The van der Waals surface area contributed by atoms with E-state index in [-0.39, 0.29) is 13.0 Å². The lowest BCUT2D eigenvalue weighted by Gasteiger charge is -2.28. The Morgan fingerprint density at radius 3 is 2.53 bits per heavy atom. The minimum absolute atomic E-state index is 0.134. The van der Waals surface area contributed by atoms with E-state index in [1.807, 2.05) is 36.4 Å². The van der Waals surface area contributed by atoms with Crippen molar-refractivity contribution >= 4 is 21.6 Å². The van der Waals surface area contributed by atoms with Crippen molar-refractivity contribution < 1.29 is 17.6 Å². The summed E-state index contributed by atoms with van der Waals surface area (Å²) in [6, 6.07) is 19.2. The monoisotopic (exact) mass is 481 g/mol. The molecule has 0 saturated carbocycles. The molecule has 1 unspecified atom stereocenters. The van der Waals surface area contributed by atoms with Crippen molar-refractivity contribution in [2.75, 3.05) is 18.5 Å². The highest BCUT2D eigenvalue weighted by Crippen LogP contribution is 2.26. The molecule has 0 bridgehead atoms. The normalized spacial score (nSPS) is 14.4. The highest BCUT2D eigenvalue weighted by atomic mass is 32.2. The molecule has 0 aliphatic carbocycles. The van der Waals surface area contributed by atoms with Crippen molar-refractivity contribution in [1.82, 2.24) is 10.0 Å². The van der Waals surface area contributed by atoms with Gasteiger partial charge in [-0.05, 0) is 54.2 Å². The number of anilines is 1. The third kappa shape index (κ3) is 5.63. The lowest BCUT2D eigenvalue weighted by atomic mass is 9.99. The number of nitrogens with one attached hydrogen (secondary N) is 2. The summed E-state index contributed by atoms with van der Waals surface area (Å²) in [6.45, 7) is 1.29. The molecular weight excluding hydrogens is 453 g/mol. The second-order valence-electron chi connectivity index (χ2n) is 8.50. The van der Waals surface area contributed by atoms with Crippen LogP contribution in [0, 0.1) is 5.82 Å². The van der Waals surface area contributed by atoms with Gasteiger partial charge in [-0.25, -0.2) is 12.8 Å². The number of nitrogens with zero attached hydrogens (tertiary/aromatic N) is 1. The Morgan fingerprint density at radius 2 is 1.76 bits per heavy atom. The fraction of sp³-hybridized carbons (Fsp3) is 0.269. The summed E-state index contributed by atoms with van der Waals surface area (Å²) in [4.78, 5) is 14.8. The van der Waals surface area contributed by atoms with Crippen molar-refractivity contribution in [2.45, 2.75) is 36.7 Å². The van der Waals surface area contributed by atoms with Gasteiger partial charge in [0.1, 0.15) is 16.8 Å². The molecule has 1 aliphatic rings. The molecule has 8 heteroatoms. The quantitative estimate of drug-likeness (QED) is 0.517. The molecule has 0 radical (unpaired) electrons. The van der Waals surface area contributed by atoms with E-state index in [1.165, 1.54) is 29.4 Å². The van der Waals surface area contributed by atoms with Crippen LogP contribution < -0.4 is 14.9 Å². The van der Waals surface area contributed by atoms with Gasteiger partial charge in [0.15, 0.2) is 0 Å². The van der Waals surface area contributed by atoms with Gasteiger partial charge in [-0.2, -0.15) is 4.72 Å². The number of aryl methyl sites for hydroxylation is 1. The number of amides is 1. The van der Waals surface area contributed by atoms with E-state index < -0.39 is 32.7 Å². The Kier molecular flexibility index (Phi) is 7.29. The Hall–Kier alpha value is -3.23. The van der Waals surface area contributed by atoms with Crippen LogP contribution in [0.4, 0.5) is 10.1 Å². The third-order valence-electron chi connectivity index (χ3n) is 5.98. The van der Waals surface area contributed by atoms with Crippen molar-refractivity contribution in [3.8, 4) is 0 Å². The highest BCUT2D eigenvalue weighted by Gasteiger charge is 2.28. The van der Waals surface area contributed by atoms with Gasteiger partial charge >= 0.3 is 0 Å². The minimum atomic E-state index is -4.25. The van der Waals surface area contributed by atoms with Crippen LogP contribution in [-0.2, 0) is 34.2 Å². The van der Waals surface area contributed by atoms with Crippen LogP contribution in [0.3, 0.4) is 0 Å². The average Bonchev–Trinajstić information content (AvgIpc) is 2.83. The summed E-state index contributed by atoms with van der Waals surface area (Å²) in [6.07, 6.45) is 2.20. The molecule has 2 N–H and O–H groups in total. The first-order chi connectivity index (χ1) is 16.3. The molecule has 3 aromatic carbocycles. The number of sulfonamides is 1. The first-order valence-corrected chi connectivity index (χ1v) is 12.7. The number of hydrogen-bond donors (Lipinski definition) is 2. The number of carbonyl (C=O) groups excluding carboxylic acids is 1. The Bertz CT molecular complexity index is 1270. The zero-order valence-corrected chi connectivity index (χ0v) is 19.8. The number of carbonyl (C=O) groups is 1.